The Bertz CT molecular complexity index is 442. The number of hydrogen-bond donors (Lipinski definition) is 2. The monoisotopic (exact) mass is 328 g/mol. The maximum atomic E-state index is 5.59. The van der Waals surface area contributed by atoms with Gasteiger partial charge in [-0.3, -0.25) is 11.3 Å². The lowest BCUT2D eigenvalue weighted by molar-refractivity contribution is 0.536. The van der Waals surface area contributed by atoms with Crippen LogP contribution in [0.1, 0.15) is 17.2 Å². The first kappa shape index (κ1) is 11.6. The van der Waals surface area contributed by atoms with Crippen molar-refractivity contribution in [3.8, 4) is 0 Å². The Morgan fingerprint density at radius 1 is 1.38 bits per heavy atom. The molecule has 1 heterocycles. The normalized spacial score (nSPS) is 12.6. The smallest absolute Gasteiger partial charge is 0.0935 e. The summed E-state index contributed by atoms with van der Waals surface area (Å²) in [5.74, 6) is 5.59. The van der Waals surface area contributed by atoms with Gasteiger partial charge in [0.25, 0.3) is 0 Å². The van der Waals surface area contributed by atoms with Gasteiger partial charge in [0.2, 0.25) is 0 Å². The molecule has 1 unspecified atom stereocenters. The van der Waals surface area contributed by atoms with Gasteiger partial charge in [-0.05, 0) is 58.3 Å². The molecule has 0 saturated heterocycles. The summed E-state index contributed by atoms with van der Waals surface area (Å²) in [5, 5.41) is 0. The molecule has 0 spiro atoms. The van der Waals surface area contributed by atoms with E-state index in [1.807, 2.05) is 12.1 Å². The Balaban J connectivity index is 2.16. The molecule has 2 rings (SSSR count). The second kappa shape index (κ2) is 5.47. The van der Waals surface area contributed by atoms with Gasteiger partial charge in [0.15, 0.2) is 0 Å². The van der Waals surface area contributed by atoms with Crippen LogP contribution in [0, 0.1) is 3.57 Å². The van der Waals surface area contributed by atoms with E-state index in [4.69, 9.17) is 10.3 Å². The van der Waals surface area contributed by atoms with Crippen molar-refractivity contribution in [3.63, 3.8) is 0 Å². The predicted octanol–water partition coefficient (Wildman–Crippen LogP) is 2.63. The standard InChI is InChI=1S/C12H13IN2O/c13-11-3-1-2-10(7-11)12(15-14)6-9-4-5-16-8-9/h1-5,7-8,12,15H,6,14H2. The van der Waals surface area contributed by atoms with Crippen LogP contribution in [0.3, 0.4) is 0 Å². The van der Waals surface area contributed by atoms with Gasteiger partial charge in [-0.15, -0.1) is 0 Å². The lowest BCUT2D eigenvalue weighted by atomic mass is 10.0. The molecule has 1 aromatic heterocycles. The molecule has 0 aliphatic heterocycles. The van der Waals surface area contributed by atoms with Crippen molar-refractivity contribution in [2.24, 2.45) is 5.84 Å². The zero-order valence-electron chi connectivity index (χ0n) is 8.69. The zero-order chi connectivity index (χ0) is 11.4. The second-order valence-corrected chi connectivity index (χ2v) is 4.86. The molecule has 84 valence electrons. The fraction of sp³-hybridized carbons (Fsp3) is 0.167. The largest absolute Gasteiger partial charge is 0.472 e. The first-order valence-electron chi connectivity index (χ1n) is 5.02. The van der Waals surface area contributed by atoms with Gasteiger partial charge < -0.3 is 4.42 Å². The van der Waals surface area contributed by atoms with Crippen LogP contribution in [-0.4, -0.2) is 0 Å². The average molecular weight is 328 g/mol. The molecule has 2 aromatic rings. The van der Waals surface area contributed by atoms with Crippen molar-refractivity contribution in [1.82, 2.24) is 5.43 Å². The van der Waals surface area contributed by atoms with E-state index in [1.54, 1.807) is 12.5 Å². The van der Waals surface area contributed by atoms with E-state index in [-0.39, 0.29) is 6.04 Å². The zero-order valence-corrected chi connectivity index (χ0v) is 10.8. The third-order valence-corrected chi connectivity index (χ3v) is 3.14. The molecular weight excluding hydrogens is 315 g/mol. The fourth-order valence-corrected chi connectivity index (χ4v) is 2.21. The Labute approximate surface area is 108 Å². The molecule has 0 aliphatic rings. The molecule has 0 amide bonds. The highest BCUT2D eigenvalue weighted by atomic mass is 127. The first-order chi connectivity index (χ1) is 7.79. The molecule has 0 saturated carbocycles. The highest BCUT2D eigenvalue weighted by molar-refractivity contribution is 14.1. The minimum atomic E-state index is 0.118. The van der Waals surface area contributed by atoms with Crippen molar-refractivity contribution in [2.75, 3.05) is 0 Å². The number of hydrazine groups is 1. The van der Waals surface area contributed by atoms with Gasteiger partial charge in [0.05, 0.1) is 18.6 Å². The molecule has 4 heteroatoms. The molecule has 1 atom stereocenters. The molecular formula is C12H13IN2O. The third-order valence-electron chi connectivity index (χ3n) is 2.47. The van der Waals surface area contributed by atoms with E-state index in [9.17, 15) is 0 Å². The van der Waals surface area contributed by atoms with Crippen LogP contribution in [-0.2, 0) is 6.42 Å². The summed E-state index contributed by atoms with van der Waals surface area (Å²) in [6.45, 7) is 0. The van der Waals surface area contributed by atoms with Crippen molar-refractivity contribution in [3.05, 3.63) is 57.6 Å². The summed E-state index contributed by atoms with van der Waals surface area (Å²) in [6, 6.07) is 10.4. The van der Waals surface area contributed by atoms with E-state index >= 15 is 0 Å². The van der Waals surface area contributed by atoms with Crippen LogP contribution in [0.15, 0.2) is 47.3 Å². The quantitative estimate of drug-likeness (QED) is 0.515. The molecule has 0 fully saturated rings. The Morgan fingerprint density at radius 3 is 2.88 bits per heavy atom. The fourth-order valence-electron chi connectivity index (χ4n) is 1.64. The number of rotatable bonds is 4. The lowest BCUT2D eigenvalue weighted by Crippen LogP contribution is -2.29. The van der Waals surface area contributed by atoms with Gasteiger partial charge in [0, 0.05) is 3.57 Å². The van der Waals surface area contributed by atoms with E-state index in [1.165, 1.54) is 9.13 Å². The number of halogens is 1. The van der Waals surface area contributed by atoms with Crippen LogP contribution < -0.4 is 11.3 Å². The first-order valence-corrected chi connectivity index (χ1v) is 6.10. The number of hydrogen-bond acceptors (Lipinski definition) is 3. The SMILES string of the molecule is NNC(Cc1ccoc1)c1cccc(I)c1. The molecule has 0 bridgehead atoms. The molecule has 0 radical (unpaired) electrons. The molecule has 1 aromatic carbocycles. The Morgan fingerprint density at radius 2 is 2.25 bits per heavy atom. The van der Waals surface area contributed by atoms with E-state index < -0.39 is 0 Å². The van der Waals surface area contributed by atoms with Crippen molar-refractivity contribution < 1.29 is 4.42 Å². The van der Waals surface area contributed by atoms with E-state index in [0.717, 1.165) is 12.0 Å². The summed E-state index contributed by atoms with van der Waals surface area (Å²) in [7, 11) is 0. The summed E-state index contributed by atoms with van der Waals surface area (Å²) in [5.41, 5.74) is 5.17. The minimum Gasteiger partial charge on any atom is -0.472 e. The van der Waals surface area contributed by atoms with Gasteiger partial charge in [0.1, 0.15) is 0 Å². The van der Waals surface area contributed by atoms with Crippen LogP contribution in [0.2, 0.25) is 0 Å². The maximum absolute atomic E-state index is 5.59. The van der Waals surface area contributed by atoms with Gasteiger partial charge in [-0.2, -0.15) is 0 Å². The van der Waals surface area contributed by atoms with Gasteiger partial charge in [-0.1, -0.05) is 12.1 Å². The van der Waals surface area contributed by atoms with Crippen molar-refractivity contribution >= 4 is 22.6 Å². The summed E-state index contributed by atoms with van der Waals surface area (Å²) < 4.78 is 6.26. The molecule has 3 N–H and O–H groups in total. The number of benzene rings is 1. The predicted molar refractivity (Wildman–Crippen MR) is 71.6 cm³/mol. The molecule has 0 aliphatic carbocycles. The van der Waals surface area contributed by atoms with E-state index in [2.05, 4.69) is 46.2 Å². The number of nitrogens with two attached hydrogens (primary N) is 1. The number of furan rings is 1. The van der Waals surface area contributed by atoms with Crippen LogP contribution >= 0.6 is 22.6 Å². The maximum Gasteiger partial charge on any atom is 0.0935 e. The Hall–Kier alpha value is -0.850. The van der Waals surface area contributed by atoms with Crippen LogP contribution in [0.4, 0.5) is 0 Å². The summed E-state index contributed by atoms with van der Waals surface area (Å²) in [4.78, 5) is 0. The van der Waals surface area contributed by atoms with Crippen LogP contribution in [0.5, 0.6) is 0 Å². The lowest BCUT2D eigenvalue weighted by Gasteiger charge is -2.15. The molecule has 3 nitrogen and oxygen atoms in total. The second-order valence-electron chi connectivity index (χ2n) is 3.61. The van der Waals surface area contributed by atoms with Crippen LogP contribution in [0.25, 0.3) is 0 Å². The highest BCUT2D eigenvalue weighted by Gasteiger charge is 2.11. The van der Waals surface area contributed by atoms with Crippen molar-refractivity contribution in [1.29, 1.82) is 0 Å². The van der Waals surface area contributed by atoms with Gasteiger partial charge in [-0.25, -0.2) is 0 Å². The Kier molecular flexibility index (Phi) is 3.98. The number of nitrogens with one attached hydrogen (secondary N) is 1. The highest BCUT2D eigenvalue weighted by Crippen LogP contribution is 2.19. The van der Waals surface area contributed by atoms with Crippen molar-refractivity contribution in [2.45, 2.75) is 12.5 Å². The summed E-state index contributed by atoms with van der Waals surface area (Å²) in [6.07, 6.45) is 4.25. The minimum absolute atomic E-state index is 0.118. The topological polar surface area (TPSA) is 51.2 Å². The molecule has 16 heavy (non-hydrogen) atoms. The average Bonchev–Trinajstić information content (AvgIpc) is 2.78. The van der Waals surface area contributed by atoms with Gasteiger partial charge >= 0.3 is 0 Å². The van der Waals surface area contributed by atoms with E-state index in [0.29, 0.717) is 0 Å². The summed E-state index contributed by atoms with van der Waals surface area (Å²) >= 11 is 2.30. The third kappa shape index (κ3) is 2.84.